The number of halogens is 1. The lowest BCUT2D eigenvalue weighted by atomic mass is 10.1. The molecule has 0 saturated carbocycles. The number of hydrogen-bond acceptors (Lipinski definition) is 4. The highest BCUT2D eigenvalue weighted by molar-refractivity contribution is 14.0. The average Bonchev–Trinajstić information content (AvgIpc) is 2.47. The highest BCUT2D eigenvalue weighted by Gasteiger charge is 2.25. The fraction of sp³-hybridized carbons (Fsp3) is 0.462. The molecule has 2 rings (SSSR count). The zero-order valence-corrected chi connectivity index (χ0v) is 15.3. The number of nitrogens with two attached hydrogens (primary N) is 2. The van der Waals surface area contributed by atoms with E-state index in [2.05, 4.69) is 4.99 Å². The summed E-state index contributed by atoms with van der Waals surface area (Å²) in [5, 5.41) is 0. The van der Waals surface area contributed by atoms with Crippen LogP contribution in [0.1, 0.15) is 11.1 Å². The number of guanidine groups is 1. The standard InChI is InChI=1S/C13H20N4O3S.HI/c14-13(15)16-9-11-3-1-2-4-12(11)10-21(18,19)17-5-7-20-8-6-17;/h1-4H,5-10H2,(H4,14,15,16);1H. The van der Waals surface area contributed by atoms with Crippen molar-refractivity contribution in [1.82, 2.24) is 4.31 Å². The Morgan fingerprint density at radius 3 is 2.36 bits per heavy atom. The lowest BCUT2D eigenvalue weighted by molar-refractivity contribution is 0.0729. The third kappa shape index (κ3) is 5.38. The Morgan fingerprint density at radius 2 is 1.77 bits per heavy atom. The lowest BCUT2D eigenvalue weighted by Crippen LogP contribution is -2.41. The van der Waals surface area contributed by atoms with Gasteiger partial charge in [-0.3, -0.25) is 0 Å². The van der Waals surface area contributed by atoms with Gasteiger partial charge in [0.25, 0.3) is 0 Å². The number of rotatable bonds is 5. The minimum absolute atomic E-state index is 0. The Morgan fingerprint density at radius 1 is 1.18 bits per heavy atom. The van der Waals surface area contributed by atoms with Crippen LogP contribution in [0.4, 0.5) is 0 Å². The number of ether oxygens (including phenoxy) is 1. The molecular formula is C13H21IN4O3S. The molecule has 0 radical (unpaired) electrons. The Hall–Kier alpha value is -0.910. The van der Waals surface area contributed by atoms with E-state index in [0.717, 1.165) is 5.56 Å². The van der Waals surface area contributed by atoms with E-state index in [-0.39, 0.29) is 42.2 Å². The van der Waals surface area contributed by atoms with E-state index in [4.69, 9.17) is 16.2 Å². The van der Waals surface area contributed by atoms with Gasteiger partial charge in [0.2, 0.25) is 10.0 Å². The summed E-state index contributed by atoms with van der Waals surface area (Å²) in [4.78, 5) is 3.94. The topological polar surface area (TPSA) is 111 Å². The molecule has 1 aromatic rings. The molecule has 9 heteroatoms. The van der Waals surface area contributed by atoms with Crippen molar-refractivity contribution in [2.45, 2.75) is 12.3 Å². The van der Waals surface area contributed by atoms with Gasteiger partial charge in [-0.1, -0.05) is 24.3 Å². The van der Waals surface area contributed by atoms with Crippen LogP contribution in [-0.4, -0.2) is 45.0 Å². The van der Waals surface area contributed by atoms with Gasteiger partial charge in [0, 0.05) is 13.1 Å². The number of sulfonamides is 1. The minimum atomic E-state index is -3.36. The molecule has 1 saturated heterocycles. The van der Waals surface area contributed by atoms with Crippen LogP contribution < -0.4 is 11.5 Å². The van der Waals surface area contributed by atoms with Crippen LogP contribution in [0.15, 0.2) is 29.3 Å². The molecule has 1 aliphatic rings. The predicted octanol–water partition coefficient (Wildman–Crippen LogP) is 0.240. The molecule has 0 unspecified atom stereocenters. The quantitative estimate of drug-likeness (QED) is 0.387. The summed E-state index contributed by atoms with van der Waals surface area (Å²) >= 11 is 0. The maximum Gasteiger partial charge on any atom is 0.218 e. The molecule has 0 amide bonds. The van der Waals surface area contributed by atoms with Crippen molar-refractivity contribution in [1.29, 1.82) is 0 Å². The van der Waals surface area contributed by atoms with Gasteiger partial charge in [-0.2, -0.15) is 4.31 Å². The van der Waals surface area contributed by atoms with Crippen LogP contribution in [-0.2, 0) is 27.1 Å². The Bertz CT molecular complexity index is 611. The summed E-state index contributed by atoms with van der Waals surface area (Å²) in [6, 6.07) is 7.26. The molecule has 0 bridgehead atoms. The highest BCUT2D eigenvalue weighted by Crippen LogP contribution is 2.17. The van der Waals surface area contributed by atoms with Crippen LogP contribution in [0.5, 0.6) is 0 Å². The second-order valence-electron chi connectivity index (χ2n) is 4.78. The van der Waals surface area contributed by atoms with Crippen molar-refractivity contribution in [2.24, 2.45) is 16.5 Å². The predicted molar refractivity (Wildman–Crippen MR) is 96.4 cm³/mol. The summed E-state index contributed by atoms with van der Waals surface area (Å²) < 4.78 is 31.5. The van der Waals surface area contributed by atoms with Gasteiger partial charge in [0.15, 0.2) is 5.96 Å². The Balaban J connectivity index is 0.00000242. The van der Waals surface area contributed by atoms with Gasteiger partial charge in [-0.25, -0.2) is 13.4 Å². The molecule has 1 aromatic carbocycles. The first-order valence-corrected chi connectivity index (χ1v) is 8.28. The number of aliphatic imine (C=N–C) groups is 1. The molecule has 0 spiro atoms. The summed E-state index contributed by atoms with van der Waals surface area (Å²) in [5.74, 6) is -0.0655. The van der Waals surface area contributed by atoms with Gasteiger partial charge in [-0.15, -0.1) is 24.0 Å². The van der Waals surface area contributed by atoms with Gasteiger partial charge in [0.05, 0.1) is 25.5 Å². The van der Waals surface area contributed by atoms with Gasteiger partial charge in [-0.05, 0) is 11.1 Å². The smallest absolute Gasteiger partial charge is 0.218 e. The summed E-state index contributed by atoms with van der Waals surface area (Å²) in [6.45, 7) is 1.96. The van der Waals surface area contributed by atoms with Crippen LogP contribution in [0, 0.1) is 0 Å². The van der Waals surface area contributed by atoms with Crippen molar-refractivity contribution < 1.29 is 13.2 Å². The first kappa shape index (κ1) is 19.1. The zero-order chi connectivity index (χ0) is 15.3. The third-order valence-electron chi connectivity index (χ3n) is 3.25. The van der Waals surface area contributed by atoms with E-state index < -0.39 is 10.0 Å². The molecule has 124 valence electrons. The molecule has 22 heavy (non-hydrogen) atoms. The largest absolute Gasteiger partial charge is 0.379 e. The first-order valence-electron chi connectivity index (χ1n) is 6.67. The summed E-state index contributed by atoms with van der Waals surface area (Å²) in [5.41, 5.74) is 12.2. The van der Waals surface area contributed by atoms with Gasteiger partial charge in [0.1, 0.15) is 0 Å². The van der Waals surface area contributed by atoms with E-state index in [1.54, 1.807) is 6.07 Å². The van der Waals surface area contributed by atoms with Crippen LogP contribution in [0.25, 0.3) is 0 Å². The number of nitrogens with zero attached hydrogens (tertiary/aromatic N) is 2. The minimum Gasteiger partial charge on any atom is -0.379 e. The molecule has 1 heterocycles. The van der Waals surface area contributed by atoms with E-state index >= 15 is 0 Å². The molecule has 0 atom stereocenters. The van der Waals surface area contributed by atoms with Gasteiger partial charge >= 0.3 is 0 Å². The van der Waals surface area contributed by atoms with Crippen molar-refractivity contribution in [3.05, 3.63) is 35.4 Å². The Kier molecular flexibility index (Phi) is 7.53. The van der Waals surface area contributed by atoms with E-state index in [9.17, 15) is 8.42 Å². The number of hydrogen-bond donors (Lipinski definition) is 2. The fourth-order valence-corrected chi connectivity index (χ4v) is 3.70. The maximum absolute atomic E-state index is 12.4. The summed E-state index contributed by atoms with van der Waals surface area (Å²) in [7, 11) is -3.36. The zero-order valence-electron chi connectivity index (χ0n) is 12.1. The van der Waals surface area contributed by atoms with Crippen molar-refractivity contribution in [2.75, 3.05) is 26.3 Å². The summed E-state index contributed by atoms with van der Waals surface area (Å²) in [6.07, 6.45) is 0. The van der Waals surface area contributed by atoms with E-state index in [1.165, 1.54) is 4.31 Å². The van der Waals surface area contributed by atoms with Crippen molar-refractivity contribution in [3.8, 4) is 0 Å². The van der Waals surface area contributed by atoms with Crippen LogP contribution in [0.3, 0.4) is 0 Å². The molecule has 7 nitrogen and oxygen atoms in total. The molecule has 1 aliphatic heterocycles. The third-order valence-corrected chi connectivity index (χ3v) is 5.08. The first-order chi connectivity index (χ1) is 9.99. The van der Waals surface area contributed by atoms with E-state index in [1.807, 2.05) is 18.2 Å². The number of morpholine rings is 1. The monoisotopic (exact) mass is 440 g/mol. The highest BCUT2D eigenvalue weighted by atomic mass is 127. The molecular weight excluding hydrogens is 419 g/mol. The molecule has 4 N–H and O–H groups in total. The average molecular weight is 440 g/mol. The number of benzene rings is 1. The SMILES string of the molecule is I.NC(N)=NCc1ccccc1CS(=O)(=O)N1CCOCC1. The lowest BCUT2D eigenvalue weighted by Gasteiger charge is -2.26. The molecule has 0 aliphatic carbocycles. The molecule has 1 fully saturated rings. The fourth-order valence-electron chi connectivity index (χ4n) is 2.14. The van der Waals surface area contributed by atoms with Crippen LogP contribution in [0.2, 0.25) is 0 Å². The van der Waals surface area contributed by atoms with Crippen LogP contribution >= 0.6 is 24.0 Å². The van der Waals surface area contributed by atoms with Crippen molar-refractivity contribution in [3.63, 3.8) is 0 Å². The molecule has 0 aromatic heterocycles. The second kappa shape index (κ2) is 8.65. The van der Waals surface area contributed by atoms with E-state index in [0.29, 0.717) is 31.9 Å². The normalized spacial score (nSPS) is 15.8. The van der Waals surface area contributed by atoms with Gasteiger partial charge < -0.3 is 16.2 Å². The van der Waals surface area contributed by atoms with Crippen molar-refractivity contribution >= 4 is 40.0 Å². The Labute approximate surface area is 147 Å². The maximum atomic E-state index is 12.4. The second-order valence-corrected chi connectivity index (χ2v) is 6.75.